The van der Waals surface area contributed by atoms with Crippen LogP contribution in [-0.4, -0.2) is 37.2 Å². The molecule has 1 atom stereocenters. The molecular formula is C57H96O6. The van der Waals surface area contributed by atoms with Crippen molar-refractivity contribution < 1.29 is 28.6 Å². The molecule has 6 heteroatoms. The molecule has 0 rings (SSSR count). The molecule has 0 saturated carbocycles. The first-order valence-electron chi connectivity index (χ1n) is 26.1. The van der Waals surface area contributed by atoms with E-state index < -0.39 is 6.10 Å². The summed E-state index contributed by atoms with van der Waals surface area (Å²) in [5.74, 6) is -0.998. The summed E-state index contributed by atoms with van der Waals surface area (Å²) in [4.78, 5) is 37.9. The van der Waals surface area contributed by atoms with E-state index in [4.69, 9.17) is 14.2 Å². The van der Waals surface area contributed by atoms with Gasteiger partial charge in [0.25, 0.3) is 0 Å². The lowest BCUT2D eigenvalue weighted by atomic mass is 10.0. The van der Waals surface area contributed by atoms with E-state index in [1.807, 2.05) is 6.08 Å². The van der Waals surface area contributed by atoms with Crippen LogP contribution in [0, 0.1) is 0 Å². The average Bonchev–Trinajstić information content (AvgIpc) is 3.28. The Balaban J connectivity index is 4.48. The number of esters is 3. The minimum Gasteiger partial charge on any atom is -0.462 e. The minimum absolute atomic E-state index is 0.103. The predicted octanol–water partition coefficient (Wildman–Crippen LogP) is 17.2. The maximum Gasteiger partial charge on any atom is 0.306 e. The lowest BCUT2D eigenvalue weighted by Gasteiger charge is -2.18. The third kappa shape index (κ3) is 49.5. The molecule has 0 radical (unpaired) electrons. The van der Waals surface area contributed by atoms with Gasteiger partial charge in [0.15, 0.2) is 6.10 Å². The Morgan fingerprint density at radius 2 is 0.667 bits per heavy atom. The van der Waals surface area contributed by atoms with Crippen LogP contribution >= 0.6 is 0 Å². The number of ether oxygens (including phenoxy) is 3. The molecule has 0 heterocycles. The molecule has 0 unspecified atom stereocenters. The summed E-state index contributed by atoms with van der Waals surface area (Å²) in [6.07, 6.45) is 65.8. The van der Waals surface area contributed by atoms with Crippen LogP contribution in [0.3, 0.4) is 0 Å². The van der Waals surface area contributed by atoms with E-state index in [0.29, 0.717) is 19.3 Å². The number of rotatable bonds is 46. The summed E-state index contributed by atoms with van der Waals surface area (Å²) in [6.45, 7) is 6.41. The van der Waals surface area contributed by atoms with E-state index >= 15 is 0 Å². The van der Waals surface area contributed by atoms with Crippen LogP contribution < -0.4 is 0 Å². The molecule has 0 aliphatic heterocycles. The van der Waals surface area contributed by atoms with Gasteiger partial charge < -0.3 is 14.2 Å². The fourth-order valence-corrected chi connectivity index (χ4v) is 6.98. The normalized spacial score (nSPS) is 12.7. The number of hydrogen-bond donors (Lipinski definition) is 0. The van der Waals surface area contributed by atoms with E-state index in [-0.39, 0.29) is 37.5 Å². The molecule has 0 N–H and O–H groups in total. The van der Waals surface area contributed by atoms with Gasteiger partial charge in [-0.25, -0.2) is 0 Å². The van der Waals surface area contributed by atoms with Crippen LogP contribution in [0.4, 0.5) is 0 Å². The standard InChI is InChI=1S/C57H96O6/c1-4-7-10-13-16-19-22-24-26-27-28-29-31-32-35-38-41-44-47-50-56(59)62-53-54(52-61-55(58)49-46-43-40-37-34-21-18-15-12-9-6-3)63-57(60)51-48-45-42-39-36-33-30-25-23-20-17-14-11-8-5-2/h7,10,15-16,18-19,24,26,28-29,32,35,41,44,54H,4-6,8-9,11-14,17,20-23,25,27,30-31,33-34,36-40,42-43,45-53H2,1-3H3/b10-7-,18-15-,19-16-,26-24-,29-28-,35-32-,44-41-/t54-/m1/s1. The lowest BCUT2D eigenvalue weighted by molar-refractivity contribution is -0.166. The summed E-state index contributed by atoms with van der Waals surface area (Å²) in [5.41, 5.74) is 0. The van der Waals surface area contributed by atoms with Crippen molar-refractivity contribution in [2.45, 2.75) is 245 Å². The maximum absolute atomic E-state index is 12.8. The number of carbonyl (C=O) groups is 3. The van der Waals surface area contributed by atoms with Gasteiger partial charge in [0.05, 0.1) is 0 Å². The van der Waals surface area contributed by atoms with Gasteiger partial charge >= 0.3 is 17.9 Å². The highest BCUT2D eigenvalue weighted by Gasteiger charge is 2.19. The Kier molecular flexibility index (Phi) is 48.5. The molecule has 360 valence electrons. The van der Waals surface area contributed by atoms with Gasteiger partial charge in [0, 0.05) is 19.3 Å². The summed E-state index contributed by atoms with van der Waals surface area (Å²) < 4.78 is 16.7. The van der Waals surface area contributed by atoms with E-state index in [1.54, 1.807) is 0 Å². The van der Waals surface area contributed by atoms with Crippen molar-refractivity contribution in [3.05, 3.63) is 85.1 Å². The van der Waals surface area contributed by atoms with Crippen LogP contribution in [-0.2, 0) is 28.6 Å². The van der Waals surface area contributed by atoms with Crippen molar-refractivity contribution in [2.24, 2.45) is 0 Å². The van der Waals surface area contributed by atoms with Crippen LogP contribution in [0.25, 0.3) is 0 Å². The van der Waals surface area contributed by atoms with Crippen molar-refractivity contribution in [3.8, 4) is 0 Å². The molecule has 0 aromatic heterocycles. The van der Waals surface area contributed by atoms with Gasteiger partial charge in [-0.1, -0.05) is 228 Å². The van der Waals surface area contributed by atoms with Gasteiger partial charge in [0.2, 0.25) is 0 Å². The van der Waals surface area contributed by atoms with Gasteiger partial charge in [-0.15, -0.1) is 0 Å². The molecule has 0 fully saturated rings. The van der Waals surface area contributed by atoms with Crippen LogP contribution in [0.1, 0.15) is 239 Å². The van der Waals surface area contributed by atoms with E-state index in [2.05, 4.69) is 99.8 Å². The Morgan fingerprint density at radius 3 is 1.11 bits per heavy atom. The SMILES string of the molecule is CC/C=C\C/C=C\C/C=C\C/C=C\C/C=C\C/C=C\CCC(=O)OC[C@@H](COC(=O)CCCCCCC/C=C\CCCC)OC(=O)CCCCCCCCCCCCCCCCC. The van der Waals surface area contributed by atoms with Crippen molar-refractivity contribution >= 4 is 17.9 Å². The topological polar surface area (TPSA) is 78.9 Å². The molecule has 63 heavy (non-hydrogen) atoms. The second-order valence-electron chi connectivity index (χ2n) is 17.1. The highest BCUT2D eigenvalue weighted by atomic mass is 16.6. The van der Waals surface area contributed by atoms with E-state index in [9.17, 15) is 14.4 Å². The largest absolute Gasteiger partial charge is 0.462 e. The third-order valence-corrected chi connectivity index (χ3v) is 10.9. The van der Waals surface area contributed by atoms with Gasteiger partial charge in [-0.3, -0.25) is 14.4 Å². The molecule has 0 aromatic rings. The molecule has 0 aliphatic rings. The fourth-order valence-electron chi connectivity index (χ4n) is 6.98. The quantitative estimate of drug-likeness (QED) is 0.0262. The second kappa shape index (κ2) is 51.2. The molecule has 0 saturated heterocycles. The Morgan fingerprint density at radius 1 is 0.333 bits per heavy atom. The Labute approximate surface area is 388 Å². The number of hydrogen-bond acceptors (Lipinski definition) is 6. The highest BCUT2D eigenvalue weighted by Crippen LogP contribution is 2.15. The first-order valence-corrected chi connectivity index (χ1v) is 26.1. The molecular weight excluding hydrogens is 781 g/mol. The summed E-state index contributed by atoms with van der Waals surface area (Å²) in [6, 6.07) is 0. The van der Waals surface area contributed by atoms with E-state index in [0.717, 1.165) is 89.9 Å². The van der Waals surface area contributed by atoms with Gasteiger partial charge in [-0.05, 0) is 77.0 Å². The van der Waals surface area contributed by atoms with Crippen LogP contribution in [0.5, 0.6) is 0 Å². The smallest absolute Gasteiger partial charge is 0.306 e. The second-order valence-corrected chi connectivity index (χ2v) is 17.1. The Bertz CT molecular complexity index is 1240. The van der Waals surface area contributed by atoms with Crippen molar-refractivity contribution in [1.82, 2.24) is 0 Å². The summed E-state index contributed by atoms with van der Waals surface area (Å²) >= 11 is 0. The number of unbranched alkanes of at least 4 members (excludes halogenated alkanes) is 21. The monoisotopic (exact) mass is 877 g/mol. The van der Waals surface area contributed by atoms with Gasteiger partial charge in [0.1, 0.15) is 13.2 Å². The zero-order chi connectivity index (χ0) is 45.8. The van der Waals surface area contributed by atoms with Crippen molar-refractivity contribution in [1.29, 1.82) is 0 Å². The lowest BCUT2D eigenvalue weighted by Crippen LogP contribution is -2.30. The molecule has 0 spiro atoms. The average molecular weight is 877 g/mol. The molecule has 0 aromatic carbocycles. The summed E-state index contributed by atoms with van der Waals surface area (Å²) in [5, 5.41) is 0. The van der Waals surface area contributed by atoms with Crippen LogP contribution in [0.15, 0.2) is 85.1 Å². The summed E-state index contributed by atoms with van der Waals surface area (Å²) in [7, 11) is 0. The van der Waals surface area contributed by atoms with Crippen molar-refractivity contribution in [2.75, 3.05) is 13.2 Å². The number of carbonyl (C=O) groups excluding carboxylic acids is 3. The zero-order valence-electron chi connectivity index (χ0n) is 41.1. The first kappa shape index (κ1) is 59.6. The first-order chi connectivity index (χ1) is 31.0. The molecule has 6 nitrogen and oxygen atoms in total. The maximum atomic E-state index is 12.8. The zero-order valence-corrected chi connectivity index (χ0v) is 41.1. The number of allylic oxidation sites excluding steroid dienone is 14. The highest BCUT2D eigenvalue weighted by molar-refractivity contribution is 5.71. The van der Waals surface area contributed by atoms with Crippen molar-refractivity contribution in [3.63, 3.8) is 0 Å². The Hall–Kier alpha value is -3.41. The molecule has 0 amide bonds. The molecule has 0 bridgehead atoms. The van der Waals surface area contributed by atoms with E-state index in [1.165, 1.54) is 103 Å². The molecule has 0 aliphatic carbocycles. The third-order valence-electron chi connectivity index (χ3n) is 10.9. The minimum atomic E-state index is -0.807. The van der Waals surface area contributed by atoms with Crippen LogP contribution in [0.2, 0.25) is 0 Å². The fraction of sp³-hybridized carbons (Fsp3) is 0.702. The predicted molar refractivity (Wildman–Crippen MR) is 270 cm³/mol. The van der Waals surface area contributed by atoms with Gasteiger partial charge in [-0.2, -0.15) is 0 Å².